The number of para-hydroxylation sites is 2. The lowest BCUT2D eigenvalue weighted by Gasteiger charge is -2.20. The second-order valence-electron chi connectivity index (χ2n) is 5.78. The van der Waals surface area contributed by atoms with E-state index in [2.05, 4.69) is 0 Å². The molecular weight excluding hydrogens is 401 g/mol. The van der Waals surface area contributed by atoms with Crippen molar-refractivity contribution in [2.45, 2.75) is 5.03 Å². The van der Waals surface area contributed by atoms with Gasteiger partial charge in [0, 0.05) is 30.4 Å². The minimum atomic E-state index is -0.00438. The molecule has 0 aliphatic carbocycles. The molecule has 0 N–H and O–H groups in total. The van der Waals surface area contributed by atoms with Crippen LogP contribution in [0.5, 0.6) is 0 Å². The monoisotopic (exact) mass is 419 g/mol. The molecule has 0 atom stereocenters. The van der Waals surface area contributed by atoms with Crippen molar-refractivity contribution >= 4 is 51.9 Å². The Hall–Kier alpha value is -1.82. The van der Waals surface area contributed by atoms with Crippen LogP contribution in [0.4, 0.5) is 0 Å². The lowest BCUT2D eigenvalue weighted by atomic mass is 10.1. The summed E-state index contributed by atoms with van der Waals surface area (Å²) in [5.74, 6) is 1.03. The molecule has 0 radical (unpaired) electrons. The number of benzene rings is 2. The highest BCUT2D eigenvalue weighted by molar-refractivity contribution is 8.00. The van der Waals surface area contributed by atoms with E-state index >= 15 is 0 Å². The number of hydrogen-bond donors (Lipinski definition) is 0. The predicted octanol–water partition coefficient (Wildman–Crippen LogP) is 4.70. The fourth-order valence-electron chi connectivity index (χ4n) is 2.66. The van der Waals surface area contributed by atoms with Crippen LogP contribution in [0, 0.1) is 0 Å². The average Bonchev–Trinajstić information content (AvgIpc) is 2.71. The van der Waals surface area contributed by atoms with Crippen LogP contribution >= 0.6 is 35.0 Å². The Morgan fingerprint density at radius 2 is 1.48 bits per heavy atom. The van der Waals surface area contributed by atoms with E-state index < -0.39 is 0 Å². The van der Waals surface area contributed by atoms with Crippen molar-refractivity contribution in [1.82, 2.24) is 14.9 Å². The molecule has 4 nitrogen and oxygen atoms in total. The number of aromatic nitrogens is 2. The number of amides is 1. The molecule has 0 saturated heterocycles. The van der Waals surface area contributed by atoms with Crippen molar-refractivity contribution in [1.29, 1.82) is 0 Å². The lowest BCUT2D eigenvalue weighted by molar-refractivity contribution is -0.127. The van der Waals surface area contributed by atoms with E-state index in [4.69, 9.17) is 33.2 Å². The molecule has 1 heterocycles. The molecular formula is C20H19Cl2N3OS. The van der Waals surface area contributed by atoms with Crippen molar-refractivity contribution in [3.8, 4) is 11.3 Å². The Balaban J connectivity index is 1.89. The summed E-state index contributed by atoms with van der Waals surface area (Å²) < 4.78 is 0. The van der Waals surface area contributed by atoms with Crippen LogP contribution in [0.15, 0.2) is 59.6 Å². The number of rotatable bonds is 8. The molecule has 0 spiro atoms. The number of carbonyl (C=O) groups is 1. The summed E-state index contributed by atoms with van der Waals surface area (Å²) in [7, 11) is 0. The van der Waals surface area contributed by atoms with Gasteiger partial charge in [-0.3, -0.25) is 4.79 Å². The number of fused-ring (bicyclic) bond motifs is 1. The van der Waals surface area contributed by atoms with Gasteiger partial charge in [0.1, 0.15) is 10.7 Å². The normalized spacial score (nSPS) is 10.9. The van der Waals surface area contributed by atoms with Gasteiger partial charge in [-0.2, -0.15) is 0 Å². The fourth-order valence-corrected chi connectivity index (χ4v) is 3.97. The van der Waals surface area contributed by atoms with Gasteiger partial charge in [0.2, 0.25) is 5.91 Å². The zero-order valence-electron chi connectivity index (χ0n) is 14.6. The van der Waals surface area contributed by atoms with Crippen LogP contribution in [0.3, 0.4) is 0 Å². The second kappa shape index (κ2) is 9.93. The minimum Gasteiger partial charge on any atom is -0.340 e. The quantitative estimate of drug-likeness (QED) is 0.392. The van der Waals surface area contributed by atoms with E-state index in [0.29, 0.717) is 24.8 Å². The smallest absolute Gasteiger partial charge is 0.233 e. The first-order valence-electron chi connectivity index (χ1n) is 8.57. The average molecular weight is 420 g/mol. The number of carbonyl (C=O) groups excluding carboxylic acids is 1. The third kappa shape index (κ3) is 5.12. The summed E-state index contributed by atoms with van der Waals surface area (Å²) in [6.07, 6.45) is 0. The van der Waals surface area contributed by atoms with Crippen molar-refractivity contribution in [3.63, 3.8) is 0 Å². The van der Waals surface area contributed by atoms with Crippen molar-refractivity contribution in [2.75, 3.05) is 30.6 Å². The van der Waals surface area contributed by atoms with Crippen molar-refractivity contribution in [3.05, 3.63) is 54.6 Å². The van der Waals surface area contributed by atoms with E-state index in [9.17, 15) is 4.79 Å². The Kier molecular flexibility index (Phi) is 7.33. The molecule has 0 bridgehead atoms. The maximum absolute atomic E-state index is 12.5. The van der Waals surface area contributed by atoms with Crippen molar-refractivity contribution in [2.24, 2.45) is 0 Å². The molecule has 7 heteroatoms. The largest absolute Gasteiger partial charge is 0.340 e. The van der Waals surface area contributed by atoms with Gasteiger partial charge in [0.15, 0.2) is 0 Å². The van der Waals surface area contributed by atoms with Gasteiger partial charge in [-0.15, -0.1) is 23.2 Å². The first-order valence-corrected chi connectivity index (χ1v) is 10.6. The molecule has 2 aromatic carbocycles. The molecule has 0 aliphatic rings. The number of alkyl halides is 2. The molecule has 140 valence electrons. The van der Waals surface area contributed by atoms with Crippen LogP contribution in [-0.4, -0.2) is 51.4 Å². The summed E-state index contributed by atoms with van der Waals surface area (Å²) in [6, 6.07) is 17.6. The highest BCUT2D eigenvalue weighted by atomic mass is 35.5. The standard InChI is InChI=1S/C20H19Cl2N3OS/c21-10-12-25(13-11-22)18(26)14-27-20-19(15-6-2-1-3-7-15)23-16-8-4-5-9-17(16)24-20/h1-9H,10-14H2. The van der Waals surface area contributed by atoms with Gasteiger partial charge in [-0.1, -0.05) is 54.2 Å². The molecule has 0 unspecified atom stereocenters. The van der Waals surface area contributed by atoms with Gasteiger partial charge in [0.25, 0.3) is 0 Å². The highest BCUT2D eigenvalue weighted by Crippen LogP contribution is 2.30. The molecule has 1 amide bonds. The highest BCUT2D eigenvalue weighted by Gasteiger charge is 2.16. The van der Waals surface area contributed by atoms with Crippen LogP contribution in [0.25, 0.3) is 22.3 Å². The van der Waals surface area contributed by atoms with E-state index in [1.807, 2.05) is 54.6 Å². The van der Waals surface area contributed by atoms with Crippen LogP contribution < -0.4 is 0 Å². The molecule has 0 aliphatic heterocycles. The number of hydrogen-bond acceptors (Lipinski definition) is 4. The van der Waals surface area contributed by atoms with Gasteiger partial charge in [-0.05, 0) is 12.1 Å². The Morgan fingerprint density at radius 3 is 2.11 bits per heavy atom. The number of thioether (sulfide) groups is 1. The molecule has 0 fully saturated rings. The summed E-state index contributed by atoms with van der Waals surface area (Å²) >= 11 is 13.0. The molecule has 0 saturated carbocycles. The molecule has 1 aromatic heterocycles. The van der Waals surface area contributed by atoms with E-state index in [0.717, 1.165) is 27.3 Å². The predicted molar refractivity (Wildman–Crippen MR) is 114 cm³/mol. The zero-order valence-corrected chi connectivity index (χ0v) is 17.0. The second-order valence-corrected chi connectivity index (χ2v) is 7.50. The van der Waals surface area contributed by atoms with Gasteiger partial charge < -0.3 is 4.90 Å². The number of halogens is 2. The molecule has 27 heavy (non-hydrogen) atoms. The van der Waals surface area contributed by atoms with Crippen LogP contribution in [0.1, 0.15) is 0 Å². The third-order valence-electron chi connectivity index (χ3n) is 3.98. The Bertz CT molecular complexity index is 902. The first kappa shape index (κ1) is 19.9. The number of nitrogens with zero attached hydrogens (tertiary/aromatic N) is 3. The first-order chi connectivity index (χ1) is 13.2. The lowest BCUT2D eigenvalue weighted by Crippen LogP contribution is -2.35. The van der Waals surface area contributed by atoms with Gasteiger partial charge in [-0.25, -0.2) is 9.97 Å². The van der Waals surface area contributed by atoms with E-state index in [-0.39, 0.29) is 11.7 Å². The van der Waals surface area contributed by atoms with Gasteiger partial charge in [0.05, 0.1) is 16.8 Å². The zero-order chi connectivity index (χ0) is 19.1. The van der Waals surface area contributed by atoms with Crippen molar-refractivity contribution < 1.29 is 4.79 Å². The summed E-state index contributed by atoms with van der Waals surface area (Å²) in [5.41, 5.74) is 3.40. The van der Waals surface area contributed by atoms with Crippen LogP contribution in [-0.2, 0) is 4.79 Å². The maximum Gasteiger partial charge on any atom is 0.233 e. The molecule has 3 aromatic rings. The fraction of sp³-hybridized carbons (Fsp3) is 0.250. The van der Waals surface area contributed by atoms with E-state index in [1.54, 1.807) is 4.90 Å². The molecule has 3 rings (SSSR count). The summed E-state index contributed by atoms with van der Waals surface area (Å²) in [6.45, 7) is 0.977. The Labute approximate surface area is 172 Å². The summed E-state index contributed by atoms with van der Waals surface area (Å²) in [5, 5.41) is 0.741. The third-order valence-corrected chi connectivity index (χ3v) is 5.27. The summed E-state index contributed by atoms with van der Waals surface area (Å²) in [4.78, 5) is 23.8. The minimum absolute atomic E-state index is 0.00438. The topological polar surface area (TPSA) is 46.1 Å². The van der Waals surface area contributed by atoms with E-state index in [1.165, 1.54) is 11.8 Å². The van der Waals surface area contributed by atoms with Crippen LogP contribution in [0.2, 0.25) is 0 Å². The SMILES string of the molecule is O=C(CSc1nc2ccccc2nc1-c1ccccc1)N(CCCl)CCCl. The Morgan fingerprint density at radius 1 is 0.889 bits per heavy atom. The van der Waals surface area contributed by atoms with Gasteiger partial charge >= 0.3 is 0 Å². The maximum atomic E-state index is 12.5.